The minimum Gasteiger partial charge on any atom is -0.486 e. The molecule has 128 valence electrons. The van der Waals surface area contributed by atoms with E-state index < -0.39 is 10.0 Å². The SMILES string of the molecule is Cc1cccc(CS(=O)(=O)N[C@H](C)c2ccc3c(c2)OCCO3)c1. The fourth-order valence-corrected chi connectivity index (χ4v) is 4.11. The summed E-state index contributed by atoms with van der Waals surface area (Å²) in [4.78, 5) is 0. The molecule has 0 radical (unpaired) electrons. The van der Waals surface area contributed by atoms with Gasteiger partial charge in [-0.2, -0.15) is 0 Å². The average molecular weight is 347 g/mol. The summed E-state index contributed by atoms with van der Waals surface area (Å²) in [6, 6.07) is 12.7. The summed E-state index contributed by atoms with van der Waals surface area (Å²) in [5.41, 5.74) is 2.66. The van der Waals surface area contributed by atoms with E-state index in [2.05, 4.69) is 4.72 Å². The van der Waals surface area contributed by atoms with E-state index in [1.807, 2.05) is 56.3 Å². The summed E-state index contributed by atoms with van der Waals surface area (Å²) < 4.78 is 38.6. The van der Waals surface area contributed by atoms with Gasteiger partial charge in [0.25, 0.3) is 0 Å². The van der Waals surface area contributed by atoms with Gasteiger partial charge in [0, 0.05) is 6.04 Å². The van der Waals surface area contributed by atoms with Crippen LogP contribution < -0.4 is 14.2 Å². The Morgan fingerprint density at radius 1 is 1.08 bits per heavy atom. The quantitative estimate of drug-likeness (QED) is 0.903. The van der Waals surface area contributed by atoms with Gasteiger partial charge in [0.1, 0.15) is 13.2 Å². The molecule has 24 heavy (non-hydrogen) atoms. The van der Waals surface area contributed by atoms with E-state index in [0.29, 0.717) is 24.7 Å². The van der Waals surface area contributed by atoms with Crippen molar-refractivity contribution in [1.82, 2.24) is 4.72 Å². The average Bonchev–Trinajstić information content (AvgIpc) is 2.53. The predicted molar refractivity (Wildman–Crippen MR) is 92.8 cm³/mol. The molecule has 2 aromatic carbocycles. The second-order valence-electron chi connectivity index (χ2n) is 5.99. The zero-order chi connectivity index (χ0) is 17.2. The van der Waals surface area contributed by atoms with Crippen LogP contribution >= 0.6 is 0 Å². The van der Waals surface area contributed by atoms with Gasteiger partial charge in [0.2, 0.25) is 10.0 Å². The molecule has 3 rings (SSSR count). The Bertz CT molecular complexity index is 833. The molecule has 0 aromatic heterocycles. The van der Waals surface area contributed by atoms with Crippen LogP contribution in [0.4, 0.5) is 0 Å². The molecular formula is C18H21NO4S. The van der Waals surface area contributed by atoms with Crippen LogP contribution in [-0.2, 0) is 15.8 Å². The zero-order valence-electron chi connectivity index (χ0n) is 13.8. The van der Waals surface area contributed by atoms with Gasteiger partial charge in [-0.3, -0.25) is 0 Å². The van der Waals surface area contributed by atoms with Crippen LogP contribution in [0.25, 0.3) is 0 Å². The standard InChI is InChI=1S/C18H21NO4S/c1-13-4-3-5-15(10-13)12-24(20,21)19-14(2)16-6-7-17-18(11-16)23-9-8-22-17/h3-7,10-11,14,19H,8-9,12H2,1-2H3/t14-/m1/s1. The summed E-state index contributed by atoms with van der Waals surface area (Å²) in [7, 11) is -3.44. The number of nitrogens with one attached hydrogen (secondary N) is 1. The molecule has 0 fully saturated rings. The first-order valence-electron chi connectivity index (χ1n) is 7.88. The lowest BCUT2D eigenvalue weighted by atomic mass is 10.1. The molecule has 1 heterocycles. The molecular weight excluding hydrogens is 326 g/mol. The molecule has 0 amide bonds. The molecule has 1 aliphatic heterocycles. The third-order valence-electron chi connectivity index (χ3n) is 3.86. The number of ether oxygens (including phenoxy) is 2. The van der Waals surface area contributed by atoms with E-state index in [1.165, 1.54) is 0 Å². The fourth-order valence-electron chi connectivity index (χ4n) is 2.73. The highest BCUT2D eigenvalue weighted by atomic mass is 32.2. The monoisotopic (exact) mass is 347 g/mol. The third-order valence-corrected chi connectivity index (χ3v) is 5.29. The van der Waals surface area contributed by atoms with E-state index in [9.17, 15) is 8.42 Å². The van der Waals surface area contributed by atoms with Crippen LogP contribution in [0.5, 0.6) is 11.5 Å². The summed E-state index contributed by atoms with van der Waals surface area (Å²) in [6.45, 7) is 4.80. The van der Waals surface area contributed by atoms with Crippen molar-refractivity contribution in [1.29, 1.82) is 0 Å². The van der Waals surface area contributed by atoms with Crippen molar-refractivity contribution in [2.75, 3.05) is 13.2 Å². The topological polar surface area (TPSA) is 64.6 Å². The van der Waals surface area contributed by atoms with Crippen molar-refractivity contribution in [2.45, 2.75) is 25.6 Å². The van der Waals surface area contributed by atoms with Gasteiger partial charge < -0.3 is 9.47 Å². The Morgan fingerprint density at radius 2 is 1.83 bits per heavy atom. The predicted octanol–water partition coefficient (Wildman–Crippen LogP) is 2.95. The number of aryl methyl sites for hydroxylation is 1. The Balaban J connectivity index is 1.72. The van der Waals surface area contributed by atoms with Gasteiger partial charge in [-0.25, -0.2) is 13.1 Å². The van der Waals surface area contributed by atoms with E-state index in [-0.39, 0.29) is 11.8 Å². The van der Waals surface area contributed by atoms with Gasteiger partial charge in [-0.05, 0) is 37.1 Å². The van der Waals surface area contributed by atoms with Crippen LogP contribution in [0, 0.1) is 6.92 Å². The number of hydrogen-bond donors (Lipinski definition) is 1. The molecule has 6 heteroatoms. The summed E-state index contributed by atoms with van der Waals surface area (Å²) in [6.07, 6.45) is 0. The number of fused-ring (bicyclic) bond motifs is 1. The molecule has 0 aliphatic carbocycles. The Morgan fingerprint density at radius 3 is 2.58 bits per heavy atom. The molecule has 1 atom stereocenters. The van der Waals surface area contributed by atoms with Crippen molar-refractivity contribution in [3.05, 3.63) is 59.2 Å². The maximum Gasteiger partial charge on any atom is 0.216 e. The second kappa shape index (κ2) is 6.83. The van der Waals surface area contributed by atoms with Crippen LogP contribution in [0.15, 0.2) is 42.5 Å². The van der Waals surface area contributed by atoms with Gasteiger partial charge in [-0.1, -0.05) is 35.9 Å². The van der Waals surface area contributed by atoms with Gasteiger partial charge in [-0.15, -0.1) is 0 Å². The largest absolute Gasteiger partial charge is 0.486 e. The normalized spacial score (nSPS) is 15.1. The lowest BCUT2D eigenvalue weighted by Crippen LogP contribution is -2.28. The minimum absolute atomic E-state index is 0.0381. The highest BCUT2D eigenvalue weighted by molar-refractivity contribution is 7.88. The highest BCUT2D eigenvalue weighted by Gasteiger charge is 2.19. The Hall–Kier alpha value is -2.05. The molecule has 2 aromatic rings. The molecule has 1 N–H and O–H groups in total. The number of rotatable bonds is 5. The smallest absolute Gasteiger partial charge is 0.216 e. The molecule has 0 bridgehead atoms. The number of benzene rings is 2. The van der Waals surface area contributed by atoms with Gasteiger partial charge >= 0.3 is 0 Å². The van der Waals surface area contributed by atoms with Crippen LogP contribution in [0.2, 0.25) is 0 Å². The lowest BCUT2D eigenvalue weighted by Gasteiger charge is -2.21. The number of hydrogen-bond acceptors (Lipinski definition) is 4. The first-order chi connectivity index (χ1) is 11.4. The molecule has 0 saturated heterocycles. The third kappa shape index (κ3) is 4.07. The number of sulfonamides is 1. The minimum atomic E-state index is -3.44. The van der Waals surface area contributed by atoms with Crippen molar-refractivity contribution < 1.29 is 17.9 Å². The lowest BCUT2D eigenvalue weighted by molar-refractivity contribution is 0.171. The van der Waals surface area contributed by atoms with Crippen molar-refractivity contribution in [3.8, 4) is 11.5 Å². The molecule has 0 spiro atoms. The van der Waals surface area contributed by atoms with Crippen LogP contribution in [0.1, 0.15) is 29.7 Å². The van der Waals surface area contributed by atoms with E-state index in [1.54, 1.807) is 0 Å². The first-order valence-corrected chi connectivity index (χ1v) is 9.53. The maximum atomic E-state index is 12.4. The maximum absolute atomic E-state index is 12.4. The Labute approximate surface area is 142 Å². The van der Waals surface area contributed by atoms with E-state index in [0.717, 1.165) is 16.7 Å². The van der Waals surface area contributed by atoms with Crippen LogP contribution in [0.3, 0.4) is 0 Å². The van der Waals surface area contributed by atoms with Gasteiger partial charge in [0.15, 0.2) is 11.5 Å². The first kappa shape index (κ1) is 16.8. The van der Waals surface area contributed by atoms with Crippen molar-refractivity contribution >= 4 is 10.0 Å². The summed E-state index contributed by atoms with van der Waals surface area (Å²) >= 11 is 0. The fraction of sp³-hybridized carbons (Fsp3) is 0.333. The van der Waals surface area contributed by atoms with Gasteiger partial charge in [0.05, 0.1) is 5.75 Å². The molecule has 0 unspecified atom stereocenters. The zero-order valence-corrected chi connectivity index (χ0v) is 14.6. The second-order valence-corrected chi connectivity index (χ2v) is 7.74. The highest BCUT2D eigenvalue weighted by Crippen LogP contribution is 2.32. The molecule has 0 saturated carbocycles. The van der Waals surface area contributed by atoms with Crippen LogP contribution in [-0.4, -0.2) is 21.6 Å². The van der Waals surface area contributed by atoms with Crippen molar-refractivity contribution in [3.63, 3.8) is 0 Å². The van der Waals surface area contributed by atoms with E-state index in [4.69, 9.17) is 9.47 Å². The Kier molecular flexibility index (Phi) is 4.78. The molecule has 5 nitrogen and oxygen atoms in total. The summed E-state index contributed by atoms with van der Waals surface area (Å²) in [5, 5.41) is 0. The summed E-state index contributed by atoms with van der Waals surface area (Å²) in [5.74, 6) is 1.31. The van der Waals surface area contributed by atoms with Crippen molar-refractivity contribution in [2.24, 2.45) is 0 Å². The van der Waals surface area contributed by atoms with E-state index >= 15 is 0 Å². The molecule has 1 aliphatic rings.